The highest BCUT2D eigenvalue weighted by Gasteiger charge is 2.13. The normalized spacial score (nSPS) is 10.1. The summed E-state index contributed by atoms with van der Waals surface area (Å²) in [5.41, 5.74) is 6.76. The van der Waals surface area contributed by atoms with Crippen LogP contribution < -0.4 is 20.7 Å². The molecule has 1 rings (SSSR count). The van der Waals surface area contributed by atoms with E-state index in [1.54, 1.807) is 32.0 Å². The Morgan fingerprint density at radius 3 is 2.79 bits per heavy atom. The molecule has 0 radical (unpaired) electrons. The zero-order valence-corrected chi connectivity index (χ0v) is 11.5. The highest BCUT2D eigenvalue weighted by atomic mass is 19.1. The lowest BCUT2D eigenvalue weighted by atomic mass is 10.2. The van der Waals surface area contributed by atoms with Crippen molar-refractivity contribution in [1.82, 2.24) is 5.32 Å². The molecule has 1 amide bonds. The molecule has 0 fully saturated rings. The van der Waals surface area contributed by atoms with Crippen molar-refractivity contribution in [2.75, 3.05) is 37.9 Å². The van der Waals surface area contributed by atoms with Gasteiger partial charge in [-0.3, -0.25) is 4.79 Å². The second-order valence-corrected chi connectivity index (χ2v) is 4.12. The molecule has 0 saturated heterocycles. The molecule has 0 heterocycles. The van der Waals surface area contributed by atoms with Crippen molar-refractivity contribution in [3.8, 4) is 5.75 Å². The predicted molar refractivity (Wildman–Crippen MR) is 73.9 cm³/mol. The van der Waals surface area contributed by atoms with Crippen LogP contribution in [-0.2, 0) is 4.79 Å². The number of nitrogens with zero attached hydrogens (tertiary/aromatic N) is 1. The Balaban J connectivity index is 2.86. The first-order valence-corrected chi connectivity index (χ1v) is 6.13. The zero-order valence-electron chi connectivity index (χ0n) is 11.5. The summed E-state index contributed by atoms with van der Waals surface area (Å²) >= 11 is 0. The predicted octanol–water partition coefficient (Wildman–Crippen LogP) is 1.38. The number of carbonyl (C=O) groups excluding carboxylic acids is 1. The monoisotopic (exact) mass is 269 g/mol. The Bertz CT molecular complexity index is 452. The molecule has 0 atom stereocenters. The third-order valence-corrected chi connectivity index (χ3v) is 2.75. The molecule has 0 bridgehead atoms. The lowest BCUT2D eigenvalue weighted by molar-refractivity contribution is -0.120. The van der Waals surface area contributed by atoms with Gasteiger partial charge in [-0.05, 0) is 6.92 Å². The van der Waals surface area contributed by atoms with Gasteiger partial charge >= 0.3 is 0 Å². The van der Waals surface area contributed by atoms with Crippen LogP contribution in [0.1, 0.15) is 13.3 Å². The fraction of sp³-hybridized carbons (Fsp3) is 0.462. The highest BCUT2D eigenvalue weighted by molar-refractivity contribution is 5.77. The smallest absolute Gasteiger partial charge is 0.221 e. The average Bonchev–Trinajstić information content (AvgIpc) is 2.38. The number of benzene rings is 1. The minimum absolute atomic E-state index is 0.0578. The number of nitrogens with one attached hydrogen (secondary N) is 1. The number of rotatable bonds is 6. The first-order chi connectivity index (χ1) is 8.99. The lowest BCUT2D eigenvalue weighted by Crippen LogP contribution is -2.26. The summed E-state index contributed by atoms with van der Waals surface area (Å²) in [6.45, 7) is 2.65. The number of carbonyl (C=O) groups is 1. The molecule has 1 aromatic rings. The van der Waals surface area contributed by atoms with Crippen LogP contribution in [0, 0.1) is 5.82 Å². The fourth-order valence-electron chi connectivity index (χ4n) is 1.67. The summed E-state index contributed by atoms with van der Waals surface area (Å²) in [6.07, 6.45) is 0.341. The molecule has 1 aromatic carbocycles. The maximum absolute atomic E-state index is 13.6. The molecule has 0 aliphatic heterocycles. The Labute approximate surface area is 112 Å². The van der Waals surface area contributed by atoms with E-state index in [1.807, 2.05) is 0 Å². The molecule has 106 valence electrons. The van der Waals surface area contributed by atoms with Crippen LogP contribution in [-0.4, -0.2) is 33.2 Å². The standard InChI is InChI=1S/C13H20FN3O2/c1-4-19-12-8-11(10(15)7-9(12)14)17(3)6-5-13(18)16-2/h7-8H,4-6,15H2,1-3H3,(H,16,18). The summed E-state index contributed by atoms with van der Waals surface area (Å²) < 4.78 is 18.8. The number of nitrogen functional groups attached to an aromatic ring is 1. The van der Waals surface area contributed by atoms with Crippen molar-refractivity contribution in [3.05, 3.63) is 17.9 Å². The number of amides is 1. The molecule has 0 spiro atoms. The molecular formula is C13H20FN3O2. The molecule has 0 unspecified atom stereocenters. The maximum Gasteiger partial charge on any atom is 0.221 e. The average molecular weight is 269 g/mol. The second kappa shape index (κ2) is 6.82. The van der Waals surface area contributed by atoms with Gasteiger partial charge in [0.05, 0.1) is 18.0 Å². The number of halogens is 1. The SMILES string of the molecule is CCOc1cc(N(C)CCC(=O)NC)c(N)cc1F. The van der Waals surface area contributed by atoms with E-state index in [0.29, 0.717) is 30.9 Å². The van der Waals surface area contributed by atoms with Gasteiger partial charge in [0, 0.05) is 39.2 Å². The quantitative estimate of drug-likeness (QED) is 0.766. The fourth-order valence-corrected chi connectivity index (χ4v) is 1.67. The molecule has 0 aliphatic carbocycles. The van der Waals surface area contributed by atoms with Gasteiger partial charge in [-0.1, -0.05) is 0 Å². The summed E-state index contributed by atoms with van der Waals surface area (Å²) in [4.78, 5) is 13.0. The van der Waals surface area contributed by atoms with Gasteiger partial charge in [-0.25, -0.2) is 4.39 Å². The van der Waals surface area contributed by atoms with Crippen LogP contribution in [0.2, 0.25) is 0 Å². The Hall–Kier alpha value is -1.98. The Morgan fingerprint density at radius 1 is 1.53 bits per heavy atom. The van der Waals surface area contributed by atoms with E-state index >= 15 is 0 Å². The first-order valence-electron chi connectivity index (χ1n) is 6.13. The van der Waals surface area contributed by atoms with E-state index in [-0.39, 0.29) is 11.7 Å². The van der Waals surface area contributed by atoms with Gasteiger partial charge in [0.15, 0.2) is 11.6 Å². The van der Waals surface area contributed by atoms with Crippen molar-refractivity contribution in [1.29, 1.82) is 0 Å². The molecular weight excluding hydrogens is 249 g/mol. The van der Waals surface area contributed by atoms with Crippen molar-refractivity contribution < 1.29 is 13.9 Å². The van der Waals surface area contributed by atoms with Gasteiger partial charge in [0.2, 0.25) is 5.91 Å². The Kier molecular flexibility index (Phi) is 5.41. The van der Waals surface area contributed by atoms with E-state index in [9.17, 15) is 9.18 Å². The summed E-state index contributed by atoms with van der Waals surface area (Å²) in [7, 11) is 3.38. The third kappa shape index (κ3) is 4.01. The van der Waals surface area contributed by atoms with E-state index in [4.69, 9.17) is 10.5 Å². The minimum atomic E-state index is -0.484. The molecule has 5 nitrogen and oxygen atoms in total. The summed E-state index contributed by atoms with van der Waals surface area (Å²) in [5, 5.41) is 2.55. The number of ether oxygens (including phenoxy) is 1. The maximum atomic E-state index is 13.6. The topological polar surface area (TPSA) is 67.6 Å². The first kappa shape index (κ1) is 15.1. The molecule has 0 saturated carbocycles. The van der Waals surface area contributed by atoms with Crippen LogP contribution in [0.25, 0.3) is 0 Å². The molecule has 0 aromatic heterocycles. The van der Waals surface area contributed by atoms with Gasteiger partial charge in [-0.15, -0.1) is 0 Å². The number of nitrogens with two attached hydrogens (primary N) is 1. The van der Waals surface area contributed by atoms with Crippen LogP contribution in [0.3, 0.4) is 0 Å². The zero-order chi connectivity index (χ0) is 14.4. The van der Waals surface area contributed by atoms with Crippen molar-refractivity contribution in [3.63, 3.8) is 0 Å². The van der Waals surface area contributed by atoms with Crippen LogP contribution in [0.4, 0.5) is 15.8 Å². The van der Waals surface area contributed by atoms with Crippen molar-refractivity contribution >= 4 is 17.3 Å². The van der Waals surface area contributed by atoms with Crippen LogP contribution in [0.15, 0.2) is 12.1 Å². The second-order valence-electron chi connectivity index (χ2n) is 4.12. The van der Waals surface area contributed by atoms with Crippen LogP contribution in [0.5, 0.6) is 5.75 Å². The highest BCUT2D eigenvalue weighted by Crippen LogP contribution is 2.30. The molecule has 0 aliphatic rings. The van der Waals surface area contributed by atoms with Gasteiger partial charge < -0.3 is 20.7 Å². The van der Waals surface area contributed by atoms with Crippen LogP contribution >= 0.6 is 0 Å². The molecule has 19 heavy (non-hydrogen) atoms. The summed E-state index contributed by atoms with van der Waals surface area (Å²) in [6, 6.07) is 2.79. The third-order valence-electron chi connectivity index (χ3n) is 2.75. The van der Waals surface area contributed by atoms with Gasteiger partial charge in [0.25, 0.3) is 0 Å². The lowest BCUT2D eigenvalue weighted by Gasteiger charge is -2.21. The Morgan fingerprint density at radius 2 is 2.21 bits per heavy atom. The van der Waals surface area contributed by atoms with Crippen molar-refractivity contribution in [2.24, 2.45) is 0 Å². The van der Waals surface area contributed by atoms with E-state index in [0.717, 1.165) is 0 Å². The molecule has 6 heteroatoms. The van der Waals surface area contributed by atoms with Crippen molar-refractivity contribution in [2.45, 2.75) is 13.3 Å². The summed E-state index contributed by atoms with van der Waals surface area (Å²) in [5.74, 6) is -0.376. The largest absolute Gasteiger partial charge is 0.491 e. The van der Waals surface area contributed by atoms with E-state index < -0.39 is 5.82 Å². The van der Waals surface area contributed by atoms with Gasteiger partial charge in [-0.2, -0.15) is 0 Å². The number of hydrogen-bond donors (Lipinski definition) is 2. The number of hydrogen-bond acceptors (Lipinski definition) is 4. The van der Waals surface area contributed by atoms with E-state index in [1.165, 1.54) is 6.07 Å². The minimum Gasteiger partial charge on any atom is -0.491 e. The molecule has 3 N–H and O–H groups in total. The number of anilines is 2. The van der Waals surface area contributed by atoms with Gasteiger partial charge in [0.1, 0.15) is 0 Å². The van der Waals surface area contributed by atoms with E-state index in [2.05, 4.69) is 5.32 Å².